The van der Waals surface area contributed by atoms with Gasteiger partial charge in [-0.05, 0) is 67.9 Å². The minimum absolute atomic E-state index is 0.370. The highest BCUT2D eigenvalue weighted by Crippen LogP contribution is 2.54. The molecule has 4 fully saturated rings. The molecule has 5 rings (SSSR count). The Balaban J connectivity index is 1.57. The molecule has 2 N–H and O–H groups in total. The topological polar surface area (TPSA) is 48.1 Å². The summed E-state index contributed by atoms with van der Waals surface area (Å²) in [6, 6.07) is 3.73. The Hall–Kier alpha value is -1.25. The van der Waals surface area contributed by atoms with Crippen molar-refractivity contribution in [2.45, 2.75) is 38.2 Å². The summed E-state index contributed by atoms with van der Waals surface area (Å²) < 4.78 is 6.19. The molecule has 0 unspecified atom stereocenters. The Morgan fingerprint density at radius 2 is 1.72 bits per heavy atom. The molecule has 0 radical (unpaired) electrons. The third-order valence-electron chi connectivity index (χ3n) is 5.19. The van der Waals surface area contributed by atoms with E-state index in [0.29, 0.717) is 17.7 Å². The number of nitrogen functional groups attached to an aromatic ring is 1. The van der Waals surface area contributed by atoms with Crippen LogP contribution in [0, 0.1) is 23.7 Å². The zero-order valence-corrected chi connectivity index (χ0v) is 10.6. The molecular weight excluding hydrogens is 224 g/mol. The van der Waals surface area contributed by atoms with Gasteiger partial charge in [0.1, 0.15) is 6.10 Å². The number of anilines is 1. The molecule has 1 aromatic rings. The van der Waals surface area contributed by atoms with Crippen molar-refractivity contribution in [3.63, 3.8) is 0 Å². The number of nitrogens with two attached hydrogens (primary N) is 1. The highest BCUT2D eigenvalue weighted by molar-refractivity contribution is 5.47. The molecule has 1 aromatic heterocycles. The summed E-state index contributed by atoms with van der Waals surface area (Å²) in [6.07, 6.45) is 9.08. The Labute approximate surface area is 108 Å². The van der Waals surface area contributed by atoms with Crippen molar-refractivity contribution in [3.05, 3.63) is 18.3 Å². The van der Waals surface area contributed by atoms with Crippen LogP contribution >= 0.6 is 0 Å². The fourth-order valence-corrected chi connectivity index (χ4v) is 4.70. The number of pyridine rings is 1. The molecule has 1 heterocycles. The summed E-state index contributed by atoms with van der Waals surface area (Å²) >= 11 is 0. The van der Waals surface area contributed by atoms with Gasteiger partial charge in [-0.1, -0.05) is 0 Å². The minimum atomic E-state index is 0.370. The Bertz CT molecular complexity index is 432. The van der Waals surface area contributed by atoms with Crippen LogP contribution in [-0.2, 0) is 0 Å². The van der Waals surface area contributed by atoms with E-state index in [9.17, 15) is 0 Å². The van der Waals surface area contributed by atoms with Gasteiger partial charge in [0.15, 0.2) is 0 Å². The van der Waals surface area contributed by atoms with E-state index in [4.69, 9.17) is 10.5 Å². The maximum absolute atomic E-state index is 6.19. The average molecular weight is 244 g/mol. The van der Waals surface area contributed by atoms with Crippen LogP contribution in [-0.4, -0.2) is 11.1 Å². The Morgan fingerprint density at radius 1 is 1.06 bits per heavy atom. The molecule has 0 atom stereocenters. The van der Waals surface area contributed by atoms with Gasteiger partial charge in [-0.15, -0.1) is 0 Å². The van der Waals surface area contributed by atoms with Crippen LogP contribution in [0.15, 0.2) is 18.3 Å². The number of nitrogens with zero attached hydrogens (tertiary/aromatic N) is 1. The second-order valence-electron chi connectivity index (χ2n) is 6.41. The van der Waals surface area contributed by atoms with E-state index < -0.39 is 0 Å². The SMILES string of the molecule is Nc1cccnc1OC1C2CC3CC(C2)CC1C3. The zero-order valence-electron chi connectivity index (χ0n) is 10.6. The fraction of sp³-hybridized carbons (Fsp3) is 0.667. The molecule has 0 spiro atoms. The van der Waals surface area contributed by atoms with Crippen LogP contribution in [0.5, 0.6) is 5.88 Å². The van der Waals surface area contributed by atoms with E-state index in [2.05, 4.69) is 4.98 Å². The third kappa shape index (κ3) is 1.60. The van der Waals surface area contributed by atoms with Crippen LogP contribution in [0.25, 0.3) is 0 Å². The van der Waals surface area contributed by atoms with Crippen molar-refractivity contribution in [1.82, 2.24) is 4.98 Å². The van der Waals surface area contributed by atoms with E-state index >= 15 is 0 Å². The van der Waals surface area contributed by atoms with Gasteiger partial charge in [-0.25, -0.2) is 4.98 Å². The first-order valence-corrected chi connectivity index (χ1v) is 7.16. The summed E-state index contributed by atoms with van der Waals surface area (Å²) in [4.78, 5) is 4.28. The molecule has 4 saturated carbocycles. The van der Waals surface area contributed by atoms with Crippen molar-refractivity contribution in [1.29, 1.82) is 0 Å². The van der Waals surface area contributed by atoms with E-state index in [1.165, 1.54) is 32.1 Å². The lowest BCUT2D eigenvalue weighted by atomic mass is 9.55. The number of aromatic nitrogens is 1. The van der Waals surface area contributed by atoms with E-state index in [1.54, 1.807) is 6.20 Å². The van der Waals surface area contributed by atoms with Crippen LogP contribution in [0.3, 0.4) is 0 Å². The second-order valence-corrected chi connectivity index (χ2v) is 6.41. The molecule has 3 heteroatoms. The summed E-state index contributed by atoms with van der Waals surface area (Å²) in [5.41, 5.74) is 6.61. The van der Waals surface area contributed by atoms with Gasteiger partial charge in [0, 0.05) is 6.20 Å². The molecule has 4 aliphatic carbocycles. The lowest BCUT2D eigenvalue weighted by Crippen LogP contribution is -2.50. The van der Waals surface area contributed by atoms with Crippen LogP contribution in [0.1, 0.15) is 32.1 Å². The minimum Gasteiger partial charge on any atom is -0.472 e. The summed E-state index contributed by atoms with van der Waals surface area (Å²) in [6.45, 7) is 0. The average Bonchev–Trinajstić information content (AvgIpc) is 2.35. The first-order valence-electron chi connectivity index (χ1n) is 7.16. The summed E-state index contributed by atoms with van der Waals surface area (Å²) in [5, 5.41) is 0. The van der Waals surface area contributed by atoms with Crippen LogP contribution in [0.4, 0.5) is 5.69 Å². The van der Waals surface area contributed by atoms with Crippen LogP contribution in [0.2, 0.25) is 0 Å². The Kier molecular flexibility index (Phi) is 2.29. The molecular formula is C15H20N2O. The number of hydrogen-bond donors (Lipinski definition) is 1. The van der Waals surface area contributed by atoms with Gasteiger partial charge in [0.05, 0.1) is 5.69 Å². The van der Waals surface area contributed by atoms with Crippen molar-refractivity contribution < 1.29 is 4.74 Å². The third-order valence-corrected chi connectivity index (χ3v) is 5.19. The van der Waals surface area contributed by atoms with Gasteiger partial charge < -0.3 is 10.5 Å². The molecule has 4 bridgehead atoms. The fourth-order valence-electron chi connectivity index (χ4n) is 4.70. The van der Waals surface area contributed by atoms with Crippen molar-refractivity contribution in [3.8, 4) is 5.88 Å². The van der Waals surface area contributed by atoms with Crippen LogP contribution < -0.4 is 10.5 Å². The smallest absolute Gasteiger partial charge is 0.237 e. The quantitative estimate of drug-likeness (QED) is 0.870. The first kappa shape index (κ1) is 10.7. The first-order chi connectivity index (χ1) is 8.79. The maximum Gasteiger partial charge on any atom is 0.237 e. The second kappa shape index (κ2) is 3.87. The number of hydrogen-bond acceptors (Lipinski definition) is 3. The largest absolute Gasteiger partial charge is 0.472 e. The van der Waals surface area contributed by atoms with Gasteiger partial charge in [0.2, 0.25) is 5.88 Å². The molecule has 0 aliphatic heterocycles. The normalized spacial score (nSPS) is 41.0. The zero-order chi connectivity index (χ0) is 12.1. The molecule has 4 aliphatic rings. The predicted octanol–water partition coefficient (Wildman–Crippen LogP) is 2.87. The summed E-state index contributed by atoms with van der Waals surface area (Å²) in [7, 11) is 0. The number of rotatable bonds is 2. The van der Waals surface area contributed by atoms with E-state index in [0.717, 1.165) is 23.7 Å². The standard InChI is InChI=1S/C15H20N2O/c16-13-2-1-3-17-15(13)18-14-11-5-9-4-10(7-11)8-12(14)6-9/h1-3,9-12,14H,4-8,16H2. The van der Waals surface area contributed by atoms with E-state index in [1.807, 2.05) is 12.1 Å². The van der Waals surface area contributed by atoms with Gasteiger partial charge in [0.25, 0.3) is 0 Å². The lowest BCUT2D eigenvalue weighted by Gasteiger charge is -2.53. The highest BCUT2D eigenvalue weighted by Gasteiger charge is 2.49. The molecule has 3 nitrogen and oxygen atoms in total. The van der Waals surface area contributed by atoms with Gasteiger partial charge >= 0.3 is 0 Å². The predicted molar refractivity (Wildman–Crippen MR) is 70.1 cm³/mol. The summed E-state index contributed by atoms with van der Waals surface area (Å²) in [5.74, 6) is 4.11. The van der Waals surface area contributed by atoms with Crippen molar-refractivity contribution in [2.24, 2.45) is 23.7 Å². The maximum atomic E-state index is 6.19. The van der Waals surface area contributed by atoms with Crippen molar-refractivity contribution >= 4 is 5.69 Å². The van der Waals surface area contributed by atoms with Gasteiger partial charge in [-0.2, -0.15) is 0 Å². The van der Waals surface area contributed by atoms with E-state index in [-0.39, 0.29) is 0 Å². The molecule has 96 valence electrons. The highest BCUT2D eigenvalue weighted by atomic mass is 16.5. The molecule has 0 aromatic carbocycles. The molecule has 0 saturated heterocycles. The molecule has 0 amide bonds. The van der Waals surface area contributed by atoms with Crippen molar-refractivity contribution in [2.75, 3.05) is 5.73 Å². The Morgan fingerprint density at radius 3 is 2.33 bits per heavy atom. The van der Waals surface area contributed by atoms with Gasteiger partial charge in [-0.3, -0.25) is 0 Å². The monoisotopic (exact) mass is 244 g/mol. The number of ether oxygens (including phenoxy) is 1. The molecule has 18 heavy (non-hydrogen) atoms. The lowest BCUT2D eigenvalue weighted by molar-refractivity contribution is -0.0802.